The molecule has 0 bridgehead atoms. The van der Waals surface area contributed by atoms with E-state index in [4.69, 9.17) is 17.0 Å². The third-order valence-electron chi connectivity index (χ3n) is 3.61. The summed E-state index contributed by atoms with van der Waals surface area (Å²) in [4.78, 5) is 12.5. The molecule has 0 spiro atoms. The van der Waals surface area contributed by atoms with Crippen molar-refractivity contribution in [2.24, 2.45) is 0 Å². The van der Waals surface area contributed by atoms with Crippen molar-refractivity contribution >= 4 is 54.9 Å². The second-order valence-corrected chi connectivity index (χ2v) is 9.21. The highest BCUT2D eigenvalue weighted by molar-refractivity contribution is 9.10. The number of anilines is 1. The Balaban J connectivity index is 2.02. The van der Waals surface area contributed by atoms with E-state index in [1.54, 1.807) is 30.3 Å². The van der Waals surface area contributed by atoms with Crippen LogP contribution in [0.25, 0.3) is 0 Å². The van der Waals surface area contributed by atoms with E-state index in [0.29, 0.717) is 28.1 Å². The number of nitrogens with one attached hydrogen (secondary N) is 2. The lowest BCUT2D eigenvalue weighted by Crippen LogP contribution is -2.34. The number of ether oxygens (including phenoxy) is 1. The molecule has 10 heteroatoms. The Morgan fingerprint density at radius 1 is 1.18 bits per heavy atom. The number of carbonyl (C=O) groups is 1. The van der Waals surface area contributed by atoms with Crippen LogP contribution in [0, 0.1) is 0 Å². The highest BCUT2D eigenvalue weighted by atomic mass is 79.9. The Morgan fingerprint density at radius 2 is 1.82 bits per heavy atom. The molecule has 0 atom stereocenters. The molecule has 0 aliphatic rings. The molecule has 7 nitrogen and oxygen atoms in total. The van der Waals surface area contributed by atoms with Crippen molar-refractivity contribution < 1.29 is 17.9 Å². The molecule has 0 heterocycles. The summed E-state index contributed by atoms with van der Waals surface area (Å²) in [6.45, 7) is 2.40. The number of sulfonamides is 1. The van der Waals surface area contributed by atoms with Crippen molar-refractivity contribution in [1.29, 1.82) is 0 Å². The van der Waals surface area contributed by atoms with Gasteiger partial charge < -0.3 is 10.1 Å². The monoisotopic (exact) mass is 485 g/mol. The first-order valence-electron chi connectivity index (χ1n) is 8.22. The summed E-state index contributed by atoms with van der Waals surface area (Å²) in [6, 6.07) is 11.0. The molecule has 1 amide bonds. The lowest BCUT2D eigenvalue weighted by Gasteiger charge is -2.13. The lowest BCUT2D eigenvalue weighted by molar-refractivity contribution is 0.0977. The molecule has 0 saturated carbocycles. The van der Waals surface area contributed by atoms with Crippen molar-refractivity contribution in [3.63, 3.8) is 0 Å². The van der Waals surface area contributed by atoms with Crippen molar-refractivity contribution in [1.82, 2.24) is 9.62 Å². The zero-order chi connectivity index (χ0) is 20.9. The maximum absolute atomic E-state index is 12.3. The number of benzene rings is 2. The first-order chi connectivity index (χ1) is 13.1. The van der Waals surface area contributed by atoms with E-state index in [1.807, 2.05) is 6.92 Å². The van der Waals surface area contributed by atoms with Crippen LogP contribution in [0.15, 0.2) is 51.8 Å². The maximum atomic E-state index is 12.3. The van der Waals surface area contributed by atoms with Crippen molar-refractivity contribution in [3.8, 4) is 5.75 Å². The van der Waals surface area contributed by atoms with Crippen LogP contribution in [-0.2, 0) is 10.0 Å². The lowest BCUT2D eigenvalue weighted by atomic mass is 10.2. The Morgan fingerprint density at radius 3 is 2.36 bits per heavy atom. The van der Waals surface area contributed by atoms with E-state index in [-0.39, 0.29) is 15.9 Å². The van der Waals surface area contributed by atoms with Crippen molar-refractivity contribution in [3.05, 3.63) is 52.5 Å². The molecule has 0 aromatic heterocycles. The minimum atomic E-state index is -3.50. The molecule has 0 unspecified atom stereocenters. The molecular weight excluding hydrogens is 466 g/mol. The third kappa shape index (κ3) is 5.51. The molecule has 2 aromatic rings. The van der Waals surface area contributed by atoms with Crippen LogP contribution >= 0.6 is 28.1 Å². The maximum Gasteiger partial charge on any atom is 0.257 e. The number of halogens is 1. The smallest absolute Gasteiger partial charge is 0.257 e. The van der Waals surface area contributed by atoms with E-state index < -0.39 is 10.0 Å². The fourth-order valence-electron chi connectivity index (χ4n) is 2.17. The zero-order valence-corrected chi connectivity index (χ0v) is 18.7. The van der Waals surface area contributed by atoms with Crippen LogP contribution in [0.4, 0.5) is 5.69 Å². The molecule has 2 rings (SSSR count). The predicted octanol–water partition coefficient (Wildman–Crippen LogP) is 3.22. The van der Waals surface area contributed by atoms with Crippen LogP contribution in [0.2, 0.25) is 0 Å². The van der Waals surface area contributed by atoms with Gasteiger partial charge in [0, 0.05) is 25.3 Å². The van der Waals surface area contributed by atoms with E-state index in [9.17, 15) is 13.2 Å². The Kier molecular flexibility index (Phi) is 7.53. The van der Waals surface area contributed by atoms with Gasteiger partial charge in [-0.2, -0.15) is 0 Å². The third-order valence-corrected chi connectivity index (χ3v) is 6.26. The van der Waals surface area contributed by atoms with Gasteiger partial charge in [0.1, 0.15) is 5.75 Å². The topological polar surface area (TPSA) is 87.7 Å². The summed E-state index contributed by atoms with van der Waals surface area (Å²) in [7, 11) is -0.573. The molecule has 2 aromatic carbocycles. The Bertz CT molecular complexity index is 977. The summed E-state index contributed by atoms with van der Waals surface area (Å²) >= 11 is 8.52. The van der Waals surface area contributed by atoms with Crippen LogP contribution in [0.5, 0.6) is 5.75 Å². The van der Waals surface area contributed by atoms with E-state index in [1.165, 1.54) is 26.2 Å². The molecule has 150 valence electrons. The number of amides is 1. The van der Waals surface area contributed by atoms with Crippen molar-refractivity contribution in [2.75, 3.05) is 26.0 Å². The summed E-state index contributed by atoms with van der Waals surface area (Å²) < 4.78 is 31.4. The largest absolute Gasteiger partial charge is 0.493 e. The minimum absolute atomic E-state index is 0.0956. The molecular formula is C18H20BrN3O4S2. The van der Waals surface area contributed by atoms with Gasteiger partial charge in [0.2, 0.25) is 10.0 Å². The second kappa shape index (κ2) is 9.46. The van der Waals surface area contributed by atoms with Gasteiger partial charge in [-0.15, -0.1) is 0 Å². The number of hydrogen-bond acceptors (Lipinski definition) is 5. The normalized spacial score (nSPS) is 11.2. The quantitative estimate of drug-likeness (QED) is 0.610. The zero-order valence-electron chi connectivity index (χ0n) is 15.5. The molecule has 2 N–H and O–H groups in total. The minimum Gasteiger partial charge on any atom is -0.493 e. The first-order valence-corrected chi connectivity index (χ1v) is 10.9. The van der Waals surface area contributed by atoms with Crippen LogP contribution in [-0.4, -0.2) is 44.4 Å². The van der Waals surface area contributed by atoms with Gasteiger partial charge in [0.15, 0.2) is 5.11 Å². The van der Waals surface area contributed by atoms with Gasteiger partial charge in [-0.3, -0.25) is 10.1 Å². The molecule has 0 saturated heterocycles. The van der Waals surface area contributed by atoms with Crippen LogP contribution in [0.1, 0.15) is 17.3 Å². The molecule has 0 fully saturated rings. The number of hydrogen-bond donors (Lipinski definition) is 2. The Labute approximate surface area is 178 Å². The molecule has 0 aliphatic carbocycles. The van der Waals surface area contributed by atoms with Crippen molar-refractivity contribution in [2.45, 2.75) is 11.8 Å². The summed E-state index contributed by atoms with van der Waals surface area (Å²) in [5.74, 6) is 0.264. The summed E-state index contributed by atoms with van der Waals surface area (Å²) in [6.07, 6.45) is 0. The van der Waals surface area contributed by atoms with Gasteiger partial charge in [0.05, 0.1) is 16.0 Å². The predicted molar refractivity (Wildman–Crippen MR) is 116 cm³/mol. The first kappa shape index (κ1) is 22.3. The van der Waals surface area contributed by atoms with Crippen LogP contribution in [0.3, 0.4) is 0 Å². The van der Waals surface area contributed by atoms with E-state index in [2.05, 4.69) is 26.6 Å². The highest BCUT2D eigenvalue weighted by Crippen LogP contribution is 2.26. The summed E-state index contributed by atoms with van der Waals surface area (Å²) in [5, 5.41) is 5.53. The number of rotatable bonds is 6. The van der Waals surface area contributed by atoms with E-state index >= 15 is 0 Å². The highest BCUT2D eigenvalue weighted by Gasteiger charge is 2.17. The van der Waals surface area contributed by atoms with Gasteiger partial charge in [-0.1, -0.05) is 0 Å². The number of nitrogens with zero attached hydrogens (tertiary/aromatic N) is 1. The summed E-state index contributed by atoms with van der Waals surface area (Å²) in [5.41, 5.74) is 0.961. The fraction of sp³-hybridized carbons (Fsp3) is 0.222. The van der Waals surface area contributed by atoms with E-state index in [0.717, 1.165) is 4.31 Å². The fourth-order valence-corrected chi connectivity index (χ4v) is 3.78. The second-order valence-electron chi connectivity index (χ2n) is 5.80. The number of carbonyl (C=O) groups excluding carboxylic acids is 1. The van der Waals surface area contributed by atoms with Gasteiger partial charge in [0.25, 0.3) is 5.91 Å². The Hall–Kier alpha value is -2.01. The molecule has 0 aliphatic heterocycles. The average Bonchev–Trinajstić information content (AvgIpc) is 2.63. The van der Waals surface area contributed by atoms with Gasteiger partial charge >= 0.3 is 0 Å². The SMILES string of the molecule is CCOc1ccc(C(=O)NC(=S)Nc2ccc(S(=O)(=O)N(C)C)cc2)cc1Br. The van der Waals surface area contributed by atoms with Gasteiger partial charge in [-0.25, -0.2) is 12.7 Å². The van der Waals surface area contributed by atoms with Crippen LogP contribution < -0.4 is 15.4 Å². The average molecular weight is 486 g/mol. The number of thiocarbonyl (C=S) groups is 1. The van der Waals surface area contributed by atoms with Gasteiger partial charge in [-0.05, 0) is 77.5 Å². The standard InChI is InChI=1S/C18H20BrN3O4S2/c1-4-26-16-10-5-12(11-15(16)19)17(23)21-18(27)20-13-6-8-14(9-7-13)28(24,25)22(2)3/h5-11H,4H2,1-3H3,(H2,20,21,23,27). The molecule has 0 radical (unpaired) electrons. The molecule has 28 heavy (non-hydrogen) atoms.